The van der Waals surface area contributed by atoms with Crippen LogP contribution in [0.15, 0.2) is 5.38 Å². The number of rotatable bonds is 5. The lowest BCUT2D eigenvalue weighted by atomic mass is 9.95. The molecular formula is C12H20N2O2S. The maximum absolute atomic E-state index is 5.73. The topological polar surface area (TPSA) is 43.4 Å². The third-order valence-electron chi connectivity index (χ3n) is 3.19. The Bertz CT molecular complexity index is 348. The molecule has 0 spiro atoms. The minimum absolute atomic E-state index is 0.215. The molecule has 4 nitrogen and oxygen atoms in total. The zero-order chi connectivity index (χ0) is 12.1. The van der Waals surface area contributed by atoms with Gasteiger partial charge in [-0.2, -0.15) is 0 Å². The maximum Gasteiger partial charge on any atom is 0.125 e. The minimum atomic E-state index is -0.215. The molecule has 1 fully saturated rings. The van der Waals surface area contributed by atoms with Crippen molar-refractivity contribution in [3.05, 3.63) is 16.1 Å². The number of nitrogens with one attached hydrogen (secondary N) is 1. The van der Waals surface area contributed by atoms with E-state index in [1.54, 1.807) is 18.4 Å². The average Bonchev–Trinajstić information content (AvgIpc) is 2.86. The summed E-state index contributed by atoms with van der Waals surface area (Å²) < 4.78 is 11.1. The Morgan fingerprint density at radius 1 is 1.53 bits per heavy atom. The van der Waals surface area contributed by atoms with E-state index in [1.165, 1.54) is 0 Å². The summed E-state index contributed by atoms with van der Waals surface area (Å²) in [5.74, 6) is 0. The molecule has 0 unspecified atom stereocenters. The van der Waals surface area contributed by atoms with Gasteiger partial charge in [0, 0.05) is 45.1 Å². The summed E-state index contributed by atoms with van der Waals surface area (Å²) in [5, 5.41) is 6.50. The predicted octanol–water partition coefficient (Wildman–Crippen LogP) is 1.90. The summed E-state index contributed by atoms with van der Waals surface area (Å²) in [7, 11) is 1.77. The fourth-order valence-corrected chi connectivity index (χ4v) is 3.11. The Balaban J connectivity index is 2.10. The maximum atomic E-state index is 5.73. The molecule has 1 aromatic heterocycles. The van der Waals surface area contributed by atoms with Gasteiger partial charge in [-0.1, -0.05) is 6.92 Å². The van der Waals surface area contributed by atoms with Crippen molar-refractivity contribution in [3.63, 3.8) is 0 Å². The number of thiazole rings is 1. The van der Waals surface area contributed by atoms with E-state index < -0.39 is 0 Å². The summed E-state index contributed by atoms with van der Waals surface area (Å²) in [4.78, 5) is 4.69. The molecule has 0 amide bonds. The SMILES string of the molecule is CCNCc1csc(C2(OC)CCOCC2)n1. The van der Waals surface area contributed by atoms with Crippen LogP contribution in [0.5, 0.6) is 0 Å². The van der Waals surface area contributed by atoms with Crippen molar-refractivity contribution < 1.29 is 9.47 Å². The first kappa shape index (κ1) is 13.0. The first-order valence-electron chi connectivity index (χ1n) is 6.09. The van der Waals surface area contributed by atoms with Crippen molar-refractivity contribution in [1.82, 2.24) is 10.3 Å². The molecule has 1 saturated heterocycles. The molecule has 2 rings (SSSR count). The molecule has 0 atom stereocenters. The van der Waals surface area contributed by atoms with Crippen LogP contribution in [0.2, 0.25) is 0 Å². The van der Waals surface area contributed by atoms with Crippen molar-refractivity contribution in [2.45, 2.75) is 31.9 Å². The van der Waals surface area contributed by atoms with Crippen molar-refractivity contribution >= 4 is 11.3 Å². The van der Waals surface area contributed by atoms with Gasteiger partial charge in [0.15, 0.2) is 0 Å². The van der Waals surface area contributed by atoms with Gasteiger partial charge in [-0.15, -0.1) is 11.3 Å². The van der Waals surface area contributed by atoms with Gasteiger partial charge < -0.3 is 14.8 Å². The third-order valence-corrected chi connectivity index (χ3v) is 4.27. The van der Waals surface area contributed by atoms with E-state index in [1.807, 2.05) is 0 Å². The monoisotopic (exact) mass is 256 g/mol. The zero-order valence-corrected chi connectivity index (χ0v) is 11.3. The Hall–Kier alpha value is -0.490. The van der Waals surface area contributed by atoms with Gasteiger partial charge in [0.1, 0.15) is 10.6 Å². The highest BCUT2D eigenvalue weighted by atomic mass is 32.1. The number of ether oxygens (including phenoxy) is 2. The molecule has 2 heterocycles. The molecule has 0 aliphatic carbocycles. The first-order valence-corrected chi connectivity index (χ1v) is 6.97. The summed E-state index contributed by atoms with van der Waals surface area (Å²) in [6.45, 7) is 5.42. The van der Waals surface area contributed by atoms with Crippen molar-refractivity contribution in [3.8, 4) is 0 Å². The molecule has 1 N–H and O–H groups in total. The van der Waals surface area contributed by atoms with Crippen LogP contribution in [0, 0.1) is 0 Å². The van der Waals surface area contributed by atoms with Gasteiger partial charge in [-0.25, -0.2) is 4.98 Å². The lowest BCUT2D eigenvalue weighted by molar-refractivity contribution is -0.0949. The normalized spacial score (nSPS) is 19.4. The highest BCUT2D eigenvalue weighted by Crippen LogP contribution is 2.37. The molecule has 0 radical (unpaired) electrons. The minimum Gasteiger partial charge on any atom is -0.381 e. The van der Waals surface area contributed by atoms with Gasteiger partial charge in [0.05, 0.1) is 5.69 Å². The molecule has 17 heavy (non-hydrogen) atoms. The van der Waals surface area contributed by atoms with E-state index in [0.29, 0.717) is 0 Å². The quantitative estimate of drug-likeness (QED) is 0.874. The molecule has 0 aromatic carbocycles. The van der Waals surface area contributed by atoms with Gasteiger partial charge in [0.25, 0.3) is 0 Å². The highest BCUT2D eigenvalue weighted by Gasteiger charge is 2.37. The number of nitrogens with zero attached hydrogens (tertiary/aromatic N) is 1. The van der Waals surface area contributed by atoms with E-state index in [0.717, 1.165) is 49.8 Å². The molecule has 96 valence electrons. The molecule has 1 aromatic rings. The Morgan fingerprint density at radius 3 is 2.94 bits per heavy atom. The van der Waals surface area contributed by atoms with Crippen LogP contribution >= 0.6 is 11.3 Å². The smallest absolute Gasteiger partial charge is 0.125 e. The number of hydrogen-bond donors (Lipinski definition) is 1. The van der Waals surface area contributed by atoms with E-state index >= 15 is 0 Å². The summed E-state index contributed by atoms with van der Waals surface area (Å²) in [6, 6.07) is 0. The second-order valence-corrected chi connectivity index (χ2v) is 5.09. The van der Waals surface area contributed by atoms with Gasteiger partial charge >= 0.3 is 0 Å². The van der Waals surface area contributed by atoms with Crippen molar-refractivity contribution in [2.75, 3.05) is 26.9 Å². The van der Waals surface area contributed by atoms with E-state index in [4.69, 9.17) is 9.47 Å². The number of hydrogen-bond acceptors (Lipinski definition) is 5. The third kappa shape index (κ3) is 2.85. The molecule has 1 aliphatic heterocycles. The fourth-order valence-electron chi connectivity index (χ4n) is 2.06. The summed E-state index contributed by atoms with van der Waals surface area (Å²) in [5.41, 5.74) is 0.891. The Kier molecular flexibility index (Phi) is 4.50. The van der Waals surface area contributed by atoms with Crippen LogP contribution in [-0.2, 0) is 21.6 Å². The van der Waals surface area contributed by atoms with Gasteiger partial charge in [-0.05, 0) is 6.54 Å². The Labute approximate surface area is 106 Å². The molecule has 0 bridgehead atoms. The highest BCUT2D eigenvalue weighted by molar-refractivity contribution is 7.09. The fraction of sp³-hybridized carbons (Fsp3) is 0.750. The number of aromatic nitrogens is 1. The lowest BCUT2D eigenvalue weighted by Crippen LogP contribution is -2.35. The molecular weight excluding hydrogens is 236 g/mol. The Morgan fingerprint density at radius 2 is 2.29 bits per heavy atom. The standard InChI is InChI=1S/C12H20N2O2S/c1-3-13-8-10-9-17-11(14-10)12(15-2)4-6-16-7-5-12/h9,13H,3-8H2,1-2H3. The second-order valence-electron chi connectivity index (χ2n) is 4.24. The zero-order valence-electron chi connectivity index (χ0n) is 10.5. The van der Waals surface area contributed by atoms with E-state index in [-0.39, 0.29) is 5.60 Å². The van der Waals surface area contributed by atoms with E-state index in [9.17, 15) is 0 Å². The van der Waals surface area contributed by atoms with Crippen LogP contribution in [0.3, 0.4) is 0 Å². The lowest BCUT2D eigenvalue weighted by Gasteiger charge is -2.33. The first-order chi connectivity index (χ1) is 8.30. The van der Waals surface area contributed by atoms with Crippen LogP contribution in [0.4, 0.5) is 0 Å². The summed E-state index contributed by atoms with van der Waals surface area (Å²) >= 11 is 1.70. The molecule has 5 heteroatoms. The summed E-state index contributed by atoms with van der Waals surface area (Å²) in [6.07, 6.45) is 1.80. The second kappa shape index (κ2) is 5.91. The van der Waals surface area contributed by atoms with Gasteiger partial charge in [0.2, 0.25) is 0 Å². The van der Waals surface area contributed by atoms with Crippen molar-refractivity contribution in [1.29, 1.82) is 0 Å². The van der Waals surface area contributed by atoms with Crippen LogP contribution < -0.4 is 5.32 Å². The predicted molar refractivity (Wildman–Crippen MR) is 68.2 cm³/mol. The van der Waals surface area contributed by atoms with Gasteiger partial charge in [-0.3, -0.25) is 0 Å². The molecule has 1 aliphatic rings. The largest absolute Gasteiger partial charge is 0.381 e. The van der Waals surface area contributed by atoms with Crippen LogP contribution in [0.25, 0.3) is 0 Å². The van der Waals surface area contributed by atoms with E-state index in [2.05, 4.69) is 22.6 Å². The van der Waals surface area contributed by atoms with Crippen LogP contribution in [-0.4, -0.2) is 31.9 Å². The number of methoxy groups -OCH3 is 1. The van der Waals surface area contributed by atoms with Crippen molar-refractivity contribution in [2.24, 2.45) is 0 Å². The van der Waals surface area contributed by atoms with Crippen LogP contribution in [0.1, 0.15) is 30.5 Å². The average molecular weight is 256 g/mol. The molecule has 0 saturated carbocycles.